The molecule has 0 aromatic heterocycles. The highest BCUT2D eigenvalue weighted by Crippen LogP contribution is 2.41. The maximum Gasteiger partial charge on any atom is 0.336 e. The summed E-state index contributed by atoms with van der Waals surface area (Å²) in [5.41, 5.74) is 2.76. The zero-order valence-electron chi connectivity index (χ0n) is 21.1. The van der Waals surface area contributed by atoms with Crippen LogP contribution >= 0.6 is 11.6 Å². The van der Waals surface area contributed by atoms with E-state index in [1.54, 1.807) is 62.4 Å². The molecule has 0 radical (unpaired) electrons. The molecule has 2 unspecified atom stereocenters. The van der Waals surface area contributed by atoms with Crippen molar-refractivity contribution < 1.29 is 31.7 Å². The van der Waals surface area contributed by atoms with E-state index < -0.39 is 34.1 Å². The van der Waals surface area contributed by atoms with Crippen LogP contribution in [0.2, 0.25) is 5.02 Å². The Balaban J connectivity index is 2.12. The predicted molar refractivity (Wildman–Crippen MR) is 140 cm³/mol. The average Bonchev–Trinajstić information content (AvgIpc) is 2.85. The number of nitrogens with one attached hydrogen (secondary N) is 1. The molecular weight excluding hydrogens is 518 g/mol. The SMILES string of the molecule is CCOC(=O)C1=C(CCC(OS(C)(=O)=O)c2ccccc2)NC(C)=C(C(=O)OC)C1c1cccc(Cl)c1. The second kappa shape index (κ2) is 12.4. The molecule has 0 amide bonds. The first-order chi connectivity index (χ1) is 17.6. The minimum Gasteiger partial charge on any atom is -0.466 e. The van der Waals surface area contributed by atoms with Crippen LogP contribution in [-0.4, -0.2) is 40.3 Å². The number of halogens is 1. The van der Waals surface area contributed by atoms with Crippen molar-refractivity contribution in [2.24, 2.45) is 0 Å². The summed E-state index contributed by atoms with van der Waals surface area (Å²) in [5.74, 6) is -2.02. The van der Waals surface area contributed by atoms with Gasteiger partial charge < -0.3 is 14.8 Å². The molecule has 0 saturated carbocycles. The fourth-order valence-electron chi connectivity index (χ4n) is 4.37. The molecule has 2 atom stereocenters. The van der Waals surface area contributed by atoms with Gasteiger partial charge in [0.15, 0.2) is 0 Å². The van der Waals surface area contributed by atoms with Crippen LogP contribution in [0.3, 0.4) is 0 Å². The van der Waals surface area contributed by atoms with Crippen LogP contribution in [0.5, 0.6) is 0 Å². The first-order valence-corrected chi connectivity index (χ1v) is 13.9. The van der Waals surface area contributed by atoms with Gasteiger partial charge in [0.25, 0.3) is 10.1 Å². The lowest BCUT2D eigenvalue weighted by Gasteiger charge is -2.32. The number of methoxy groups -OCH3 is 1. The van der Waals surface area contributed by atoms with Gasteiger partial charge in [-0.1, -0.05) is 54.1 Å². The molecule has 8 nitrogen and oxygen atoms in total. The summed E-state index contributed by atoms with van der Waals surface area (Å²) in [4.78, 5) is 26.2. The highest BCUT2D eigenvalue weighted by Gasteiger charge is 2.39. The van der Waals surface area contributed by atoms with Gasteiger partial charge in [-0.3, -0.25) is 4.18 Å². The van der Waals surface area contributed by atoms with Crippen molar-refractivity contribution in [2.75, 3.05) is 20.0 Å². The average molecular weight is 548 g/mol. The van der Waals surface area contributed by atoms with E-state index >= 15 is 0 Å². The fraction of sp³-hybridized carbons (Fsp3) is 0.333. The normalized spacial score (nSPS) is 16.7. The molecule has 37 heavy (non-hydrogen) atoms. The van der Waals surface area contributed by atoms with Gasteiger partial charge in [-0.05, 0) is 49.9 Å². The van der Waals surface area contributed by atoms with Crippen LogP contribution in [0.15, 0.2) is 77.1 Å². The smallest absolute Gasteiger partial charge is 0.336 e. The number of hydrogen-bond acceptors (Lipinski definition) is 8. The van der Waals surface area contributed by atoms with E-state index in [2.05, 4.69) is 5.32 Å². The molecule has 0 saturated heterocycles. The summed E-state index contributed by atoms with van der Waals surface area (Å²) < 4.78 is 39.8. The summed E-state index contributed by atoms with van der Waals surface area (Å²) in [6.07, 6.45) is 0.665. The van der Waals surface area contributed by atoms with E-state index in [1.165, 1.54) is 7.11 Å². The Kier molecular flexibility index (Phi) is 9.53. The van der Waals surface area contributed by atoms with Crippen molar-refractivity contribution in [1.82, 2.24) is 5.32 Å². The lowest BCUT2D eigenvalue weighted by molar-refractivity contribution is -0.139. The van der Waals surface area contributed by atoms with Crippen molar-refractivity contribution in [3.63, 3.8) is 0 Å². The van der Waals surface area contributed by atoms with Gasteiger partial charge in [0, 0.05) is 16.4 Å². The molecule has 2 aromatic carbocycles. The van der Waals surface area contributed by atoms with Gasteiger partial charge >= 0.3 is 11.9 Å². The van der Waals surface area contributed by atoms with E-state index in [1.807, 2.05) is 6.07 Å². The number of benzene rings is 2. The third-order valence-corrected chi connectivity index (χ3v) is 6.66. The van der Waals surface area contributed by atoms with Gasteiger partial charge in [-0.25, -0.2) is 9.59 Å². The van der Waals surface area contributed by atoms with Gasteiger partial charge in [0.05, 0.1) is 37.0 Å². The van der Waals surface area contributed by atoms with Crippen LogP contribution < -0.4 is 5.32 Å². The van der Waals surface area contributed by atoms with E-state index in [9.17, 15) is 18.0 Å². The molecule has 1 aliphatic rings. The van der Waals surface area contributed by atoms with Crippen molar-refractivity contribution in [3.8, 4) is 0 Å². The minimum atomic E-state index is -3.77. The quantitative estimate of drug-likeness (QED) is 0.334. The standard InChI is InChI=1S/C27H30ClNO7S/c1-5-35-27(31)25-21(14-15-22(36-37(4,32)33)18-10-7-6-8-11-18)29-17(2)23(26(30)34-3)24(25)19-12-9-13-20(28)16-19/h6-13,16,22,24,29H,5,14-15H2,1-4H3. The van der Waals surface area contributed by atoms with E-state index in [4.69, 9.17) is 25.3 Å². The van der Waals surface area contributed by atoms with Gasteiger partial charge in [-0.15, -0.1) is 0 Å². The first-order valence-electron chi connectivity index (χ1n) is 11.7. The summed E-state index contributed by atoms with van der Waals surface area (Å²) in [6, 6.07) is 15.9. The molecule has 1 aliphatic heterocycles. The Morgan fingerprint density at radius 2 is 1.76 bits per heavy atom. The Labute approximate surface area is 222 Å². The first kappa shape index (κ1) is 28.4. The summed E-state index contributed by atoms with van der Waals surface area (Å²) in [6.45, 7) is 3.53. The molecule has 0 spiro atoms. The fourth-order valence-corrected chi connectivity index (χ4v) is 5.20. The van der Waals surface area contributed by atoms with E-state index in [0.29, 0.717) is 27.5 Å². The number of rotatable bonds is 10. The Bertz CT molecular complexity index is 1320. The van der Waals surface area contributed by atoms with Crippen LogP contribution in [0.25, 0.3) is 0 Å². The van der Waals surface area contributed by atoms with Crippen LogP contribution in [0.1, 0.15) is 49.8 Å². The number of ether oxygens (including phenoxy) is 2. The van der Waals surface area contributed by atoms with Crippen molar-refractivity contribution >= 4 is 33.7 Å². The molecule has 0 fully saturated rings. The second-order valence-electron chi connectivity index (χ2n) is 8.49. The van der Waals surface area contributed by atoms with Gasteiger partial charge in [0.2, 0.25) is 0 Å². The van der Waals surface area contributed by atoms with Crippen molar-refractivity contribution in [2.45, 2.75) is 38.7 Å². The largest absolute Gasteiger partial charge is 0.466 e. The van der Waals surface area contributed by atoms with Crippen molar-refractivity contribution in [1.29, 1.82) is 0 Å². The van der Waals surface area contributed by atoms with Crippen LogP contribution in [0, 0.1) is 0 Å². The van der Waals surface area contributed by atoms with Gasteiger partial charge in [0.1, 0.15) is 6.10 Å². The van der Waals surface area contributed by atoms with Gasteiger partial charge in [-0.2, -0.15) is 8.42 Å². The summed E-state index contributed by atoms with van der Waals surface area (Å²) in [7, 11) is -2.50. The highest BCUT2D eigenvalue weighted by atomic mass is 35.5. The summed E-state index contributed by atoms with van der Waals surface area (Å²) in [5, 5.41) is 3.61. The summed E-state index contributed by atoms with van der Waals surface area (Å²) >= 11 is 6.27. The second-order valence-corrected chi connectivity index (χ2v) is 10.5. The van der Waals surface area contributed by atoms with Crippen molar-refractivity contribution in [3.05, 3.63) is 93.3 Å². The lowest BCUT2D eigenvalue weighted by atomic mass is 9.79. The Morgan fingerprint density at radius 1 is 1.05 bits per heavy atom. The zero-order valence-corrected chi connectivity index (χ0v) is 22.7. The van der Waals surface area contributed by atoms with E-state index in [-0.39, 0.29) is 30.6 Å². The van der Waals surface area contributed by atoms with Crippen LogP contribution in [-0.2, 0) is 33.4 Å². The molecule has 198 valence electrons. The number of carbonyl (C=O) groups is 2. The van der Waals surface area contributed by atoms with Crippen LogP contribution in [0.4, 0.5) is 0 Å². The highest BCUT2D eigenvalue weighted by molar-refractivity contribution is 7.86. The molecule has 1 heterocycles. The number of dihydropyridines is 1. The van der Waals surface area contributed by atoms with E-state index in [0.717, 1.165) is 6.26 Å². The zero-order chi connectivity index (χ0) is 27.2. The number of allylic oxidation sites excluding steroid dienone is 2. The molecular formula is C27H30ClNO7S. The molecule has 0 aliphatic carbocycles. The predicted octanol–water partition coefficient (Wildman–Crippen LogP) is 4.79. The molecule has 10 heteroatoms. The third-order valence-electron chi connectivity index (χ3n) is 5.85. The third kappa shape index (κ3) is 7.21. The Morgan fingerprint density at radius 3 is 2.35 bits per heavy atom. The molecule has 3 rings (SSSR count). The number of hydrogen-bond donors (Lipinski definition) is 1. The topological polar surface area (TPSA) is 108 Å². The lowest BCUT2D eigenvalue weighted by Crippen LogP contribution is -2.33. The Hall–Kier alpha value is -3.14. The number of carbonyl (C=O) groups excluding carboxylic acids is 2. The monoisotopic (exact) mass is 547 g/mol. The maximum atomic E-state index is 13.3. The molecule has 0 bridgehead atoms. The number of esters is 2. The maximum absolute atomic E-state index is 13.3. The minimum absolute atomic E-state index is 0.123. The molecule has 2 aromatic rings. The molecule has 1 N–H and O–H groups in total.